The number of anilines is 1. The number of aromatic nitrogens is 2. The number of hydrogen-bond donors (Lipinski definition) is 1. The molecule has 2 N–H and O–H groups in total. The number of imidazole rings is 1. The molecule has 0 amide bonds. The fourth-order valence-electron chi connectivity index (χ4n) is 2.15. The molecule has 2 aromatic rings. The van der Waals surface area contributed by atoms with Crippen molar-refractivity contribution in [2.24, 2.45) is 7.05 Å². The third-order valence-corrected chi connectivity index (χ3v) is 3.39. The van der Waals surface area contributed by atoms with Crippen molar-refractivity contribution in [1.29, 1.82) is 0 Å². The lowest BCUT2D eigenvalue weighted by Crippen LogP contribution is -1.97. The first kappa shape index (κ1) is 11.0. The van der Waals surface area contributed by atoms with E-state index >= 15 is 0 Å². The quantitative estimate of drug-likeness (QED) is 0.834. The predicted octanol–water partition coefficient (Wildman–Crippen LogP) is 2.01. The molecule has 94 valence electrons. The van der Waals surface area contributed by atoms with Gasteiger partial charge in [-0.3, -0.25) is 0 Å². The van der Waals surface area contributed by atoms with E-state index in [1.54, 1.807) is 0 Å². The highest BCUT2D eigenvalue weighted by atomic mass is 16.7. The average molecular weight is 245 g/mol. The molecule has 0 radical (unpaired) electrons. The van der Waals surface area contributed by atoms with Crippen molar-refractivity contribution >= 4 is 5.95 Å². The van der Waals surface area contributed by atoms with Crippen molar-refractivity contribution < 1.29 is 9.47 Å². The first-order chi connectivity index (χ1) is 8.58. The van der Waals surface area contributed by atoms with Gasteiger partial charge < -0.3 is 19.8 Å². The largest absolute Gasteiger partial charge is 0.454 e. The van der Waals surface area contributed by atoms with E-state index in [1.807, 2.05) is 37.6 Å². The maximum absolute atomic E-state index is 5.84. The molecular weight excluding hydrogens is 230 g/mol. The zero-order valence-electron chi connectivity index (χ0n) is 10.7. The summed E-state index contributed by atoms with van der Waals surface area (Å²) in [6.07, 6.45) is 0. The zero-order valence-corrected chi connectivity index (χ0v) is 10.7. The summed E-state index contributed by atoms with van der Waals surface area (Å²) in [6.45, 7) is 4.31. The fraction of sp³-hybridized carbons (Fsp3) is 0.308. The number of nitrogens with zero attached hydrogens (tertiary/aromatic N) is 2. The molecule has 0 spiro atoms. The van der Waals surface area contributed by atoms with Crippen LogP contribution in [-0.2, 0) is 7.05 Å². The van der Waals surface area contributed by atoms with Crippen LogP contribution in [0.2, 0.25) is 0 Å². The Morgan fingerprint density at radius 1 is 1.22 bits per heavy atom. The van der Waals surface area contributed by atoms with E-state index in [9.17, 15) is 0 Å². The Morgan fingerprint density at radius 3 is 2.50 bits per heavy atom. The highest BCUT2D eigenvalue weighted by Crippen LogP contribution is 2.39. The molecule has 1 aliphatic rings. The van der Waals surface area contributed by atoms with E-state index < -0.39 is 0 Å². The maximum Gasteiger partial charge on any atom is 0.231 e. The molecule has 0 bridgehead atoms. The lowest BCUT2D eigenvalue weighted by molar-refractivity contribution is 0.174. The predicted molar refractivity (Wildman–Crippen MR) is 68.7 cm³/mol. The molecule has 5 heteroatoms. The number of ether oxygens (including phenoxy) is 2. The summed E-state index contributed by atoms with van der Waals surface area (Å²) in [5.74, 6) is 2.07. The van der Waals surface area contributed by atoms with Gasteiger partial charge in [-0.2, -0.15) is 0 Å². The van der Waals surface area contributed by atoms with Crippen LogP contribution in [0.1, 0.15) is 11.3 Å². The molecule has 2 heterocycles. The number of nitrogens with two attached hydrogens (primary N) is 1. The molecule has 0 aliphatic carbocycles. The van der Waals surface area contributed by atoms with Crippen LogP contribution >= 0.6 is 0 Å². The number of aryl methyl sites for hydroxylation is 1. The van der Waals surface area contributed by atoms with Crippen LogP contribution in [0, 0.1) is 13.8 Å². The Kier molecular flexibility index (Phi) is 2.23. The number of rotatable bonds is 1. The Morgan fingerprint density at radius 2 is 1.89 bits per heavy atom. The minimum absolute atomic E-state index is 0.279. The fourth-order valence-corrected chi connectivity index (χ4v) is 2.15. The van der Waals surface area contributed by atoms with Gasteiger partial charge in [-0.1, -0.05) is 0 Å². The highest BCUT2D eigenvalue weighted by molar-refractivity contribution is 5.71. The standard InChI is InChI=1S/C13H15N3O2/c1-7-4-10-11(18-6-17-10)5-9(7)12-8(2)16(3)13(14)15-12/h4-5H,6H2,1-3H3,(H2,14,15). The second kappa shape index (κ2) is 3.66. The van der Waals surface area contributed by atoms with Crippen molar-refractivity contribution in [2.45, 2.75) is 13.8 Å². The summed E-state index contributed by atoms with van der Waals surface area (Å²) in [5, 5.41) is 0. The third-order valence-electron chi connectivity index (χ3n) is 3.39. The third kappa shape index (κ3) is 1.44. The Bertz CT molecular complexity index is 632. The molecule has 3 rings (SSSR count). The van der Waals surface area contributed by atoms with Crippen molar-refractivity contribution in [3.8, 4) is 22.8 Å². The van der Waals surface area contributed by atoms with Crippen LogP contribution < -0.4 is 15.2 Å². The molecule has 1 aromatic heterocycles. The van der Waals surface area contributed by atoms with Crippen LogP contribution in [0.5, 0.6) is 11.5 Å². The summed E-state index contributed by atoms with van der Waals surface area (Å²) < 4.78 is 12.6. The smallest absolute Gasteiger partial charge is 0.231 e. The maximum atomic E-state index is 5.84. The topological polar surface area (TPSA) is 62.3 Å². The minimum Gasteiger partial charge on any atom is -0.454 e. The summed E-state index contributed by atoms with van der Waals surface area (Å²) in [4.78, 5) is 4.41. The van der Waals surface area contributed by atoms with Crippen LogP contribution in [0.25, 0.3) is 11.3 Å². The van der Waals surface area contributed by atoms with Crippen LogP contribution in [0.3, 0.4) is 0 Å². The van der Waals surface area contributed by atoms with Gasteiger partial charge in [-0.25, -0.2) is 4.98 Å². The monoisotopic (exact) mass is 245 g/mol. The molecule has 18 heavy (non-hydrogen) atoms. The Balaban J connectivity index is 2.20. The lowest BCUT2D eigenvalue weighted by atomic mass is 10.0. The van der Waals surface area contributed by atoms with Crippen molar-refractivity contribution in [1.82, 2.24) is 9.55 Å². The van der Waals surface area contributed by atoms with Crippen molar-refractivity contribution in [2.75, 3.05) is 12.5 Å². The summed E-state index contributed by atoms with van der Waals surface area (Å²) >= 11 is 0. The lowest BCUT2D eigenvalue weighted by Gasteiger charge is -2.06. The summed E-state index contributed by atoms with van der Waals surface area (Å²) in [6, 6.07) is 3.94. The molecular formula is C13H15N3O2. The first-order valence-corrected chi connectivity index (χ1v) is 5.77. The van der Waals surface area contributed by atoms with Crippen molar-refractivity contribution in [3.63, 3.8) is 0 Å². The van der Waals surface area contributed by atoms with Gasteiger partial charge in [0.05, 0.1) is 5.69 Å². The summed E-state index contributed by atoms with van der Waals surface area (Å²) in [5.41, 5.74) is 9.90. The molecule has 1 aromatic carbocycles. The molecule has 0 fully saturated rings. The van der Waals surface area contributed by atoms with Gasteiger partial charge in [0, 0.05) is 18.3 Å². The SMILES string of the molecule is Cc1cc2c(cc1-c1nc(N)n(C)c1C)OCO2. The molecule has 1 aliphatic heterocycles. The van der Waals surface area contributed by atoms with Gasteiger partial charge >= 0.3 is 0 Å². The van der Waals surface area contributed by atoms with Gasteiger partial charge in [0.2, 0.25) is 12.7 Å². The van der Waals surface area contributed by atoms with Crippen LogP contribution in [0.15, 0.2) is 12.1 Å². The summed E-state index contributed by atoms with van der Waals surface area (Å²) in [7, 11) is 1.91. The van der Waals surface area contributed by atoms with Gasteiger partial charge in [-0.15, -0.1) is 0 Å². The number of fused-ring (bicyclic) bond motifs is 1. The van der Waals surface area contributed by atoms with E-state index in [1.165, 1.54) is 0 Å². The normalized spacial score (nSPS) is 13.1. The second-order valence-electron chi connectivity index (χ2n) is 4.48. The molecule has 0 unspecified atom stereocenters. The van der Waals surface area contributed by atoms with E-state index in [-0.39, 0.29) is 6.79 Å². The Labute approximate surface area is 105 Å². The Hall–Kier alpha value is -2.17. The van der Waals surface area contributed by atoms with Gasteiger partial charge in [-0.05, 0) is 31.5 Å². The van der Waals surface area contributed by atoms with Crippen molar-refractivity contribution in [3.05, 3.63) is 23.4 Å². The minimum atomic E-state index is 0.279. The number of hydrogen-bond acceptors (Lipinski definition) is 4. The van der Waals surface area contributed by atoms with Crippen LogP contribution in [-0.4, -0.2) is 16.3 Å². The zero-order chi connectivity index (χ0) is 12.9. The van der Waals surface area contributed by atoms with E-state index in [2.05, 4.69) is 4.98 Å². The second-order valence-corrected chi connectivity index (χ2v) is 4.48. The first-order valence-electron chi connectivity index (χ1n) is 5.77. The van der Waals surface area contributed by atoms with E-state index in [0.717, 1.165) is 34.0 Å². The highest BCUT2D eigenvalue weighted by Gasteiger charge is 2.19. The van der Waals surface area contributed by atoms with Gasteiger partial charge in [0.1, 0.15) is 0 Å². The number of nitrogen functional groups attached to an aromatic ring is 1. The van der Waals surface area contributed by atoms with E-state index in [4.69, 9.17) is 15.2 Å². The molecule has 0 saturated carbocycles. The van der Waals surface area contributed by atoms with Gasteiger partial charge in [0.25, 0.3) is 0 Å². The van der Waals surface area contributed by atoms with Gasteiger partial charge in [0.15, 0.2) is 11.5 Å². The van der Waals surface area contributed by atoms with E-state index in [0.29, 0.717) is 5.95 Å². The molecule has 0 saturated heterocycles. The molecule has 0 atom stereocenters. The average Bonchev–Trinajstić information content (AvgIpc) is 2.88. The van der Waals surface area contributed by atoms with Crippen LogP contribution in [0.4, 0.5) is 5.95 Å². The molecule has 5 nitrogen and oxygen atoms in total. The number of benzene rings is 1.